The van der Waals surface area contributed by atoms with Crippen LogP contribution in [0.3, 0.4) is 0 Å². The lowest BCUT2D eigenvalue weighted by atomic mass is 9.89. The maximum Gasteiger partial charge on any atom is 0.408 e. The third kappa shape index (κ3) is 8.50. The van der Waals surface area contributed by atoms with Crippen molar-refractivity contribution in [2.24, 2.45) is 0 Å². The highest BCUT2D eigenvalue weighted by atomic mass is 16.6. The van der Waals surface area contributed by atoms with Crippen molar-refractivity contribution in [3.05, 3.63) is 34.9 Å². The molecule has 0 bridgehead atoms. The molecule has 0 saturated heterocycles. The standard InChI is InChI=1S/C28H47N3O5/c1-11-14-19(4)29-24(33)23(21-16-13-15-18(3)20(21)5)31(28(9,10)12-2)25(34)22(17-32)30-26(35)36-27(6,7)8/h13,15-16,19,22-23,32H,11-12,14,17H2,1-10H3,(H,29,33)(H,30,35). The van der Waals surface area contributed by atoms with Crippen molar-refractivity contribution in [1.82, 2.24) is 15.5 Å². The van der Waals surface area contributed by atoms with Gasteiger partial charge in [-0.25, -0.2) is 4.79 Å². The minimum absolute atomic E-state index is 0.0784. The molecule has 0 saturated carbocycles. The van der Waals surface area contributed by atoms with Gasteiger partial charge in [0.15, 0.2) is 0 Å². The second-order valence-corrected chi connectivity index (χ2v) is 11.1. The molecule has 3 amide bonds. The third-order valence-electron chi connectivity index (χ3n) is 6.48. The molecule has 3 unspecified atom stereocenters. The molecule has 3 atom stereocenters. The summed E-state index contributed by atoms with van der Waals surface area (Å²) in [5.41, 5.74) is 1.07. The normalized spacial score (nSPS) is 14.4. The van der Waals surface area contributed by atoms with E-state index in [1.807, 2.05) is 59.7 Å². The fourth-order valence-corrected chi connectivity index (χ4v) is 4.04. The Balaban J connectivity index is 3.64. The highest BCUT2D eigenvalue weighted by Gasteiger charge is 2.43. The third-order valence-corrected chi connectivity index (χ3v) is 6.48. The Morgan fingerprint density at radius 3 is 2.17 bits per heavy atom. The van der Waals surface area contributed by atoms with Crippen molar-refractivity contribution < 1.29 is 24.2 Å². The van der Waals surface area contributed by atoms with E-state index in [9.17, 15) is 19.5 Å². The Morgan fingerprint density at radius 1 is 1.06 bits per heavy atom. The van der Waals surface area contributed by atoms with E-state index in [1.54, 1.807) is 20.8 Å². The highest BCUT2D eigenvalue weighted by Crippen LogP contribution is 2.34. The molecule has 8 heteroatoms. The molecule has 0 aromatic heterocycles. The molecule has 0 aliphatic rings. The van der Waals surface area contributed by atoms with Crippen LogP contribution in [0, 0.1) is 13.8 Å². The van der Waals surface area contributed by atoms with Gasteiger partial charge in [-0.05, 0) is 84.9 Å². The second-order valence-electron chi connectivity index (χ2n) is 11.1. The Labute approximate surface area is 217 Å². The largest absolute Gasteiger partial charge is 0.444 e. The Morgan fingerprint density at radius 2 is 1.67 bits per heavy atom. The van der Waals surface area contributed by atoms with Gasteiger partial charge in [-0.15, -0.1) is 0 Å². The number of carbonyl (C=O) groups excluding carboxylic acids is 3. The summed E-state index contributed by atoms with van der Waals surface area (Å²) in [7, 11) is 0. The number of aliphatic hydroxyl groups excluding tert-OH is 1. The first-order chi connectivity index (χ1) is 16.6. The lowest BCUT2D eigenvalue weighted by molar-refractivity contribution is -0.150. The van der Waals surface area contributed by atoms with Crippen LogP contribution < -0.4 is 10.6 Å². The van der Waals surface area contributed by atoms with Crippen LogP contribution in [-0.4, -0.2) is 57.7 Å². The minimum Gasteiger partial charge on any atom is -0.444 e. The molecule has 8 nitrogen and oxygen atoms in total. The Kier molecular flexibility index (Phi) is 11.4. The molecule has 0 aliphatic carbocycles. The molecule has 36 heavy (non-hydrogen) atoms. The van der Waals surface area contributed by atoms with Crippen LogP contribution in [0.5, 0.6) is 0 Å². The second kappa shape index (κ2) is 13.1. The molecule has 1 aromatic carbocycles. The first kappa shape index (κ1) is 31.4. The topological polar surface area (TPSA) is 108 Å². The molecule has 0 aliphatic heterocycles. The Bertz CT molecular complexity index is 907. The maximum atomic E-state index is 14.0. The number of aryl methyl sites for hydroxylation is 1. The van der Waals surface area contributed by atoms with Crippen LogP contribution in [0.15, 0.2) is 18.2 Å². The van der Waals surface area contributed by atoms with Crippen LogP contribution in [0.4, 0.5) is 4.79 Å². The van der Waals surface area contributed by atoms with Crippen molar-refractivity contribution in [3.8, 4) is 0 Å². The SMILES string of the molecule is CCCC(C)NC(=O)C(c1cccc(C)c1C)N(C(=O)C(CO)NC(=O)OC(C)(C)C)C(C)(C)CC. The number of nitrogens with one attached hydrogen (secondary N) is 2. The molecular formula is C28H47N3O5. The summed E-state index contributed by atoms with van der Waals surface area (Å²) >= 11 is 0. The number of carbonyl (C=O) groups is 3. The quantitative estimate of drug-likeness (QED) is 0.409. The molecule has 0 spiro atoms. The first-order valence-corrected chi connectivity index (χ1v) is 12.9. The molecular weight excluding hydrogens is 458 g/mol. The predicted molar refractivity (Wildman–Crippen MR) is 143 cm³/mol. The number of rotatable bonds is 11. The van der Waals surface area contributed by atoms with Gasteiger partial charge in [0.1, 0.15) is 17.7 Å². The molecule has 1 aromatic rings. The number of benzene rings is 1. The summed E-state index contributed by atoms with van der Waals surface area (Å²) in [5, 5.41) is 15.7. The molecule has 0 heterocycles. The van der Waals surface area contributed by atoms with Crippen molar-refractivity contribution >= 4 is 17.9 Å². The number of nitrogens with zero attached hydrogens (tertiary/aromatic N) is 1. The van der Waals surface area contributed by atoms with Gasteiger partial charge in [0, 0.05) is 11.6 Å². The van der Waals surface area contributed by atoms with Crippen LogP contribution in [-0.2, 0) is 14.3 Å². The summed E-state index contributed by atoms with van der Waals surface area (Å²) < 4.78 is 5.31. The van der Waals surface area contributed by atoms with Crippen LogP contribution in [0.1, 0.15) is 97.4 Å². The highest BCUT2D eigenvalue weighted by molar-refractivity contribution is 5.93. The van der Waals surface area contributed by atoms with Gasteiger partial charge in [0.25, 0.3) is 0 Å². The van der Waals surface area contributed by atoms with Crippen molar-refractivity contribution in [2.45, 2.75) is 118 Å². The zero-order chi connectivity index (χ0) is 27.8. The summed E-state index contributed by atoms with van der Waals surface area (Å²) in [6.45, 7) is 18.1. The van der Waals surface area contributed by atoms with Crippen LogP contribution in [0.25, 0.3) is 0 Å². The van der Waals surface area contributed by atoms with E-state index in [1.165, 1.54) is 4.90 Å². The number of amides is 3. The molecule has 0 radical (unpaired) electrons. The fraction of sp³-hybridized carbons (Fsp3) is 0.679. The van der Waals surface area contributed by atoms with E-state index < -0.39 is 41.8 Å². The maximum absolute atomic E-state index is 14.0. The zero-order valence-corrected chi connectivity index (χ0v) is 23.8. The molecule has 3 N–H and O–H groups in total. The van der Waals surface area contributed by atoms with Gasteiger partial charge in [-0.3, -0.25) is 9.59 Å². The van der Waals surface area contributed by atoms with E-state index >= 15 is 0 Å². The van der Waals surface area contributed by atoms with Crippen molar-refractivity contribution in [1.29, 1.82) is 0 Å². The van der Waals surface area contributed by atoms with Crippen LogP contribution in [0.2, 0.25) is 0 Å². The first-order valence-electron chi connectivity index (χ1n) is 12.9. The molecule has 1 rings (SSSR count). The van der Waals surface area contributed by atoms with E-state index in [0.717, 1.165) is 24.0 Å². The van der Waals surface area contributed by atoms with E-state index in [4.69, 9.17) is 4.74 Å². The number of alkyl carbamates (subject to hydrolysis) is 1. The number of hydrogen-bond acceptors (Lipinski definition) is 5. The summed E-state index contributed by atoms with van der Waals surface area (Å²) in [5.74, 6) is -0.854. The van der Waals surface area contributed by atoms with Crippen molar-refractivity contribution in [2.75, 3.05) is 6.61 Å². The number of ether oxygens (including phenoxy) is 1. The van der Waals surface area contributed by atoms with E-state index in [0.29, 0.717) is 12.0 Å². The summed E-state index contributed by atoms with van der Waals surface area (Å²) in [4.78, 5) is 41.9. The van der Waals surface area contributed by atoms with Gasteiger partial charge in [-0.1, -0.05) is 38.5 Å². The van der Waals surface area contributed by atoms with E-state index in [-0.39, 0.29) is 11.9 Å². The van der Waals surface area contributed by atoms with Crippen LogP contribution >= 0.6 is 0 Å². The zero-order valence-electron chi connectivity index (χ0n) is 23.8. The summed E-state index contributed by atoms with van der Waals surface area (Å²) in [6, 6.07) is 3.38. The average Bonchev–Trinajstić information content (AvgIpc) is 2.76. The van der Waals surface area contributed by atoms with Gasteiger partial charge < -0.3 is 25.4 Å². The lowest BCUT2D eigenvalue weighted by Crippen LogP contribution is -2.60. The predicted octanol–water partition coefficient (Wildman–Crippen LogP) is 4.55. The monoisotopic (exact) mass is 505 g/mol. The van der Waals surface area contributed by atoms with Gasteiger partial charge in [0.2, 0.25) is 11.8 Å². The average molecular weight is 506 g/mol. The van der Waals surface area contributed by atoms with Gasteiger partial charge in [0.05, 0.1) is 6.61 Å². The molecule has 0 fully saturated rings. The van der Waals surface area contributed by atoms with Gasteiger partial charge >= 0.3 is 6.09 Å². The van der Waals surface area contributed by atoms with E-state index in [2.05, 4.69) is 17.6 Å². The van der Waals surface area contributed by atoms with Crippen molar-refractivity contribution in [3.63, 3.8) is 0 Å². The minimum atomic E-state index is -1.28. The lowest BCUT2D eigenvalue weighted by Gasteiger charge is -2.45. The fourth-order valence-electron chi connectivity index (χ4n) is 4.04. The smallest absolute Gasteiger partial charge is 0.408 e. The summed E-state index contributed by atoms with van der Waals surface area (Å²) in [6.07, 6.45) is 1.44. The molecule has 204 valence electrons. The van der Waals surface area contributed by atoms with Gasteiger partial charge in [-0.2, -0.15) is 0 Å². The number of hydrogen-bond donors (Lipinski definition) is 3. The number of aliphatic hydroxyl groups is 1. The Hall–Kier alpha value is -2.61.